The largest absolute Gasteiger partial charge is 0.497 e. The van der Waals surface area contributed by atoms with Crippen molar-refractivity contribution in [3.63, 3.8) is 0 Å². The Balaban J connectivity index is 2.14. The van der Waals surface area contributed by atoms with Crippen LogP contribution in [0, 0.1) is 0 Å². The molecule has 0 fully saturated rings. The van der Waals surface area contributed by atoms with Crippen molar-refractivity contribution in [2.45, 2.75) is 52.1 Å². The number of anilines is 1. The number of nitrogens with zero attached hydrogens (tertiary/aromatic N) is 2. The van der Waals surface area contributed by atoms with Crippen molar-refractivity contribution in [1.82, 2.24) is 10.2 Å². The third kappa shape index (κ3) is 9.02. The number of amides is 2. The van der Waals surface area contributed by atoms with E-state index < -0.39 is 16.1 Å². The van der Waals surface area contributed by atoms with Gasteiger partial charge in [0.25, 0.3) is 0 Å². The van der Waals surface area contributed by atoms with Gasteiger partial charge in [0, 0.05) is 31.1 Å². The van der Waals surface area contributed by atoms with E-state index in [1.807, 2.05) is 19.1 Å². The van der Waals surface area contributed by atoms with Crippen LogP contribution in [0.4, 0.5) is 5.69 Å². The number of ether oxygens (including phenoxy) is 1. The molecule has 1 N–H and O–H groups in total. The molecule has 2 amide bonds. The number of sulfonamides is 1. The molecule has 1 unspecified atom stereocenters. The first-order valence-electron chi connectivity index (χ1n) is 12.0. The van der Waals surface area contributed by atoms with Crippen LogP contribution >= 0.6 is 11.6 Å². The molecule has 2 aromatic rings. The number of halogens is 1. The molecular formula is C26H36ClN3O5S. The van der Waals surface area contributed by atoms with Crippen LogP contribution in [0.5, 0.6) is 5.75 Å². The topological polar surface area (TPSA) is 96.0 Å². The molecule has 10 heteroatoms. The number of unbranched alkanes of at least 4 members (excludes halogenated alkanes) is 1. The molecule has 0 bridgehead atoms. The van der Waals surface area contributed by atoms with E-state index in [1.54, 1.807) is 50.4 Å². The molecule has 0 aromatic heterocycles. The van der Waals surface area contributed by atoms with E-state index >= 15 is 0 Å². The van der Waals surface area contributed by atoms with E-state index in [0.717, 1.165) is 24.7 Å². The highest BCUT2D eigenvalue weighted by Gasteiger charge is 2.26. The Bertz CT molecular complexity index is 1090. The van der Waals surface area contributed by atoms with Gasteiger partial charge in [0.05, 0.1) is 19.1 Å². The Morgan fingerprint density at radius 3 is 2.25 bits per heavy atom. The van der Waals surface area contributed by atoms with E-state index in [0.29, 0.717) is 23.0 Å². The molecule has 36 heavy (non-hydrogen) atoms. The van der Waals surface area contributed by atoms with E-state index in [9.17, 15) is 18.0 Å². The lowest BCUT2D eigenvalue weighted by Crippen LogP contribution is -2.47. The lowest BCUT2D eigenvalue weighted by atomic mass is 10.1. The Morgan fingerprint density at radius 2 is 1.69 bits per heavy atom. The summed E-state index contributed by atoms with van der Waals surface area (Å²) in [5.74, 6) is 0.253. The van der Waals surface area contributed by atoms with Crippen molar-refractivity contribution in [3.05, 3.63) is 59.1 Å². The van der Waals surface area contributed by atoms with Gasteiger partial charge in [-0.15, -0.1) is 0 Å². The molecule has 8 nitrogen and oxygen atoms in total. The first kappa shape index (κ1) is 29.5. The SMILES string of the molecule is CCCCNC(=O)C(C)N(Cc1ccc(OC)cc1)C(=O)CCCN(c1ccc(Cl)cc1)S(C)(=O)=O. The first-order valence-corrected chi connectivity index (χ1v) is 14.2. The summed E-state index contributed by atoms with van der Waals surface area (Å²) in [7, 11) is -1.98. The van der Waals surface area contributed by atoms with E-state index in [2.05, 4.69) is 5.32 Å². The molecule has 0 aliphatic heterocycles. The second-order valence-electron chi connectivity index (χ2n) is 8.61. The Hall–Kier alpha value is -2.78. The maximum atomic E-state index is 13.3. The standard InChI is InChI=1S/C26H36ClN3O5S/c1-5-6-17-28-26(32)20(2)29(19-21-9-15-24(35-3)16-10-21)25(31)8-7-18-30(36(4,33)34)23-13-11-22(27)12-14-23/h9-16,20H,5-8,17-19H2,1-4H3,(H,28,32). The van der Waals surface area contributed by atoms with Gasteiger partial charge < -0.3 is 15.0 Å². The van der Waals surface area contributed by atoms with Crippen molar-refractivity contribution in [2.24, 2.45) is 0 Å². The van der Waals surface area contributed by atoms with Crippen molar-refractivity contribution >= 4 is 39.1 Å². The van der Waals surface area contributed by atoms with Crippen molar-refractivity contribution < 1.29 is 22.7 Å². The number of methoxy groups -OCH3 is 1. The molecule has 0 saturated heterocycles. The van der Waals surface area contributed by atoms with Crippen LogP contribution in [-0.4, -0.2) is 57.6 Å². The highest BCUT2D eigenvalue weighted by molar-refractivity contribution is 7.92. The number of carbonyl (C=O) groups excluding carboxylic acids is 2. The zero-order valence-electron chi connectivity index (χ0n) is 21.4. The number of rotatable bonds is 14. The fraction of sp³-hybridized carbons (Fsp3) is 0.462. The lowest BCUT2D eigenvalue weighted by Gasteiger charge is -2.29. The molecule has 0 spiro atoms. The molecule has 2 rings (SSSR count). The fourth-order valence-electron chi connectivity index (χ4n) is 3.66. The van der Waals surface area contributed by atoms with Gasteiger partial charge in [0.2, 0.25) is 21.8 Å². The Morgan fingerprint density at radius 1 is 1.06 bits per heavy atom. The highest BCUT2D eigenvalue weighted by atomic mass is 35.5. The summed E-state index contributed by atoms with van der Waals surface area (Å²) < 4.78 is 31.2. The van der Waals surface area contributed by atoms with Gasteiger partial charge in [-0.1, -0.05) is 37.1 Å². The van der Waals surface area contributed by atoms with Crippen LogP contribution in [0.3, 0.4) is 0 Å². The minimum absolute atomic E-state index is 0.0857. The minimum Gasteiger partial charge on any atom is -0.497 e. The predicted molar refractivity (Wildman–Crippen MR) is 144 cm³/mol. The highest BCUT2D eigenvalue weighted by Crippen LogP contribution is 2.22. The molecule has 198 valence electrons. The zero-order valence-corrected chi connectivity index (χ0v) is 22.9. The third-order valence-electron chi connectivity index (χ3n) is 5.78. The van der Waals surface area contributed by atoms with Gasteiger partial charge in [-0.05, 0) is 61.7 Å². The van der Waals surface area contributed by atoms with Crippen LogP contribution in [0.15, 0.2) is 48.5 Å². The average Bonchev–Trinajstić information content (AvgIpc) is 2.85. The molecule has 2 aromatic carbocycles. The monoisotopic (exact) mass is 537 g/mol. The molecule has 0 heterocycles. The summed E-state index contributed by atoms with van der Waals surface area (Å²) in [5, 5.41) is 3.39. The smallest absolute Gasteiger partial charge is 0.242 e. The van der Waals surface area contributed by atoms with Gasteiger partial charge in [-0.2, -0.15) is 0 Å². The second kappa shape index (κ2) is 14.1. The predicted octanol–water partition coefficient (Wildman–Crippen LogP) is 4.23. The molecule has 0 saturated carbocycles. The number of nitrogens with one attached hydrogen (secondary N) is 1. The first-order chi connectivity index (χ1) is 17.1. The van der Waals surface area contributed by atoms with Crippen LogP contribution in [0.2, 0.25) is 5.02 Å². The molecular weight excluding hydrogens is 502 g/mol. The lowest BCUT2D eigenvalue weighted by molar-refractivity contribution is -0.140. The normalized spacial score (nSPS) is 12.0. The summed E-state index contributed by atoms with van der Waals surface area (Å²) in [6.07, 6.45) is 3.31. The maximum Gasteiger partial charge on any atom is 0.242 e. The Labute approximate surface area is 219 Å². The van der Waals surface area contributed by atoms with Gasteiger partial charge in [0.15, 0.2) is 0 Å². The summed E-state index contributed by atoms with van der Waals surface area (Å²) in [6, 6.07) is 13.1. The van der Waals surface area contributed by atoms with Gasteiger partial charge >= 0.3 is 0 Å². The van der Waals surface area contributed by atoms with Crippen LogP contribution < -0.4 is 14.4 Å². The minimum atomic E-state index is -3.56. The van der Waals surface area contributed by atoms with Crippen LogP contribution in [0.1, 0.15) is 45.1 Å². The number of hydrogen-bond donors (Lipinski definition) is 1. The molecule has 1 atom stereocenters. The Kier molecular flexibility index (Phi) is 11.5. The van der Waals surface area contributed by atoms with Crippen molar-refractivity contribution in [2.75, 3.05) is 30.8 Å². The van der Waals surface area contributed by atoms with E-state index in [4.69, 9.17) is 16.3 Å². The average molecular weight is 538 g/mol. The van der Waals surface area contributed by atoms with E-state index in [-0.39, 0.29) is 37.7 Å². The van der Waals surface area contributed by atoms with E-state index in [1.165, 1.54) is 9.21 Å². The second-order valence-corrected chi connectivity index (χ2v) is 10.9. The summed E-state index contributed by atoms with van der Waals surface area (Å²) in [4.78, 5) is 27.6. The fourth-order valence-corrected chi connectivity index (χ4v) is 4.75. The number of carbonyl (C=O) groups is 2. The van der Waals surface area contributed by atoms with Gasteiger partial charge in [0.1, 0.15) is 11.8 Å². The van der Waals surface area contributed by atoms with Crippen molar-refractivity contribution in [1.29, 1.82) is 0 Å². The number of benzene rings is 2. The number of hydrogen-bond acceptors (Lipinski definition) is 5. The van der Waals surface area contributed by atoms with Crippen LogP contribution in [-0.2, 0) is 26.2 Å². The maximum absolute atomic E-state index is 13.3. The van der Waals surface area contributed by atoms with Gasteiger partial charge in [-0.3, -0.25) is 13.9 Å². The summed E-state index contributed by atoms with van der Waals surface area (Å²) >= 11 is 5.93. The molecule has 0 aliphatic carbocycles. The van der Waals surface area contributed by atoms with Gasteiger partial charge in [-0.25, -0.2) is 8.42 Å². The van der Waals surface area contributed by atoms with Crippen LogP contribution in [0.25, 0.3) is 0 Å². The molecule has 0 radical (unpaired) electrons. The summed E-state index contributed by atoms with van der Waals surface area (Å²) in [5.41, 5.74) is 1.34. The third-order valence-corrected chi connectivity index (χ3v) is 7.22. The van der Waals surface area contributed by atoms with Crippen molar-refractivity contribution in [3.8, 4) is 5.75 Å². The zero-order chi connectivity index (χ0) is 26.7. The quantitative estimate of drug-likeness (QED) is 0.364. The molecule has 0 aliphatic rings. The summed E-state index contributed by atoms with van der Waals surface area (Å²) in [6.45, 7) is 4.67.